The summed E-state index contributed by atoms with van der Waals surface area (Å²) in [4.78, 5) is 14.4. The summed E-state index contributed by atoms with van der Waals surface area (Å²) in [5.41, 5.74) is 5.73. The zero-order chi connectivity index (χ0) is 13.5. The monoisotopic (exact) mass is 246 g/mol. The standard InChI is InChI=1S/C12H9NO3.CH5N/c14-10-6-9(7-13-11(10)12(15)16)8-4-2-1-3-5-8;1-2/h1-7,14H,(H,15,16);2H2,1H3. The highest BCUT2D eigenvalue weighted by Gasteiger charge is 2.11. The van der Waals surface area contributed by atoms with Crippen LogP contribution in [0, 0.1) is 0 Å². The summed E-state index contributed by atoms with van der Waals surface area (Å²) >= 11 is 0. The van der Waals surface area contributed by atoms with Crippen LogP contribution in [0.4, 0.5) is 0 Å². The molecular weight excluding hydrogens is 232 g/mol. The number of benzene rings is 1. The molecule has 0 atom stereocenters. The summed E-state index contributed by atoms with van der Waals surface area (Å²) in [7, 11) is 1.50. The third kappa shape index (κ3) is 3.05. The van der Waals surface area contributed by atoms with E-state index in [9.17, 15) is 9.90 Å². The number of carboxylic acid groups (broad SMARTS) is 1. The first-order valence-electron chi connectivity index (χ1n) is 5.24. The molecule has 0 bridgehead atoms. The highest BCUT2D eigenvalue weighted by Crippen LogP contribution is 2.24. The average molecular weight is 246 g/mol. The lowest BCUT2D eigenvalue weighted by molar-refractivity contribution is 0.0687. The molecule has 0 unspecified atom stereocenters. The summed E-state index contributed by atoms with van der Waals surface area (Å²) in [6, 6.07) is 10.7. The van der Waals surface area contributed by atoms with Gasteiger partial charge in [-0.2, -0.15) is 0 Å². The van der Waals surface area contributed by atoms with Gasteiger partial charge in [0.1, 0.15) is 5.75 Å². The Balaban J connectivity index is 0.000000771. The molecule has 1 aromatic carbocycles. The molecule has 4 N–H and O–H groups in total. The van der Waals surface area contributed by atoms with Crippen LogP contribution < -0.4 is 5.73 Å². The van der Waals surface area contributed by atoms with Crippen LogP contribution in [0.25, 0.3) is 11.1 Å². The summed E-state index contributed by atoms with van der Waals surface area (Å²) in [6.07, 6.45) is 1.43. The van der Waals surface area contributed by atoms with Gasteiger partial charge in [-0.05, 0) is 18.7 Å². The fraction of sp³-hybridized carbons (Fsp3) is 0.0769. The first-order valence-corrected chi connectivity index (χ1v) is 5.24. The van der Waals surface area contributed by atoms with Crippen molar-refractivity contribution in [2.45, 2.75) is 0 Å². The zero-order valence-electron chi connectivity index (χ0n) is 9.87. The van der Waals surface area contributed by atoms with Crippen molar-refractivity contribution in [2.24, 2.45) is 5.73 Å². The second kappa shape index (κ2) is 6.36. The Kier molecular flexibility index (Phi) is 4.83. The third-order valence-electron chi connectivity index (χ3n) is 2.18. The van der Waals surface area contributed by atoms with Gasteiger partial charge < -0.3 is 15.9 Å². The summed E-state index contributed by atoms with van der Waals surface area (Å²) < 4.78 is 0. The first kappa shape index (κ1) is 13.7. The van der Waals surface area contributed by atoms with Crippen molar-refractivity contribution in [1.82, 2.24) is 4.98 Å². The minimum absolute atomic E-state index is 0.325. The van der Waals surface area contributed by atoms with Gasteiger partial charge in [0.25, 0.3) is 0 Å². The number of aromatic carboxylic acids is 1. The van der Waals surface area contributed by atoms with E-state index in [1.165, 1.54) is 19.3 Å². The molecule has 1 heterocycles. The summed E-state index contributed by atoms with van der Waals surface area (Å²) in [6.45, 7) is 0. The molecule has 0 aliphatic heterocycles. The van der Waals surface area contributed by atoms with Gasteiger partial charge in [0.05, 0.1) is 0 Å². The highest BCUT2D eigenvalue weighted by molar-refractivity contribution is 5.89. The molecule has 0 amide bonds. The van der Waals surface area contributed by atoms with Crippen LogP contribution in [0.15, 0.2) is 42.6 Å². The molecule has 18 heavy (non-hydrogen) atoms. The van der Waals surface area contributed by atoms with E-state index < -0.39 is 5.97 Å². The summed E-state index contributed by atoms with van der Waals surface area (Å²) in [5, 5.41) is 18.2. The fourth-order valence-corrected chi connectivity index (χ4v) is 1.41. The molecule has 0 aliphatic rings. The Bertz CT molecular complexity index is 527. The van der Waals surface area contributed by atoms with E-state index >= 15 is 0 Å². The van der Waals surface area contributed by atoms with Gasteiger partial charge >= 0.3 is 5.97 Å². The molecule has 94 valence electrons. The van der Waals surface area contributed by atoms with Crippen LogP contribution in [-0.4, -0.2) is 28.2 Å². The van der Waals surface area contributed by atoms with E-state index in [2.05, 4.69) is 10.7 Å². The minimum atomic E-state index is -1.24. The maximum atomic E-state index is 10.6. The summed E-state index contributed by atoms with van der Waals surface area (Å²) in [5.74, 6) is -1.56. The van der Waals surface area contributed by atoms with Gasteiger partial charge in [0.15, 0.2) is 5.69 Å². The largest absolute Gasteiger partial charge is 0.505 e. The number of carbonyl (C=O) groups is 1. The smallest absolute Gasteiger partial charge is 0.358 e. The van der Waals surface area contributed by atoms with Crippen molar-refractivity contribution < 1.29 is 15.0 Å². The lowest BCUT2D eigenvalue weighted by Gasteiger charge is -2.03. The van der Waals surface area contributed by atoms with E-state index in [4.69, 9.17) is 5.11 Å². The number of pyridine rings is 1. The van der Waals surface area contributed by atoms with Gasteiger partial charge in [-0.25, -0.2) is 9.78 Å². The molecule has 2 rings (SSSR count). The van der Waals surface area contributed by atoms with Crippen LogP contribution in [0.5, 0.6) is 5.75 Å². The number of rotatable bonds is 2. The maximum Gasteiger partial charge on any atom is 0.358 e. The topological polar surface area (TPSA) is 96.4 Å². The maximum absolute atomic E-state index is 10.6. The highest BCUT2D eigenvalue weighted by atomic mass is 16.4. The number of nitrogens with zero attached hydrogens (tertiary/aromatic N) is 1. The number of hydrogen-bond acceptors (Lipinski definition) is 4. The second-order valence-electron chi connectivity index (χ2n) is 3.26. The zero-order valence-corrected chi connectivity index (χ0v) is 9.87. The number of aromatic nitrogens is 1. The van der Waals surface area contributed by atoms with Crippen molar-refractivity contribution in [1.29, 1.82) is 0 Å². The molecule has 0 saturated carbocycles. The molecule has 0 saturated heterocycles. The van der Waals surface area contributed by atoms with E-state index in [1.54, 1.807) is 0 Å². The molecule has 0 radical (unpaired) electrons. The van der Waals surface area contributed by atoms with Gasteiger partial charge in [-0.1, -0.05) is 30.3 Å². The number of nitrogens with two attached hydrogens (primary N) is 1. The van der Waals surface area contributed by atoms with Crippen LogP contribution in [0.3, 0.4) is 0 Å². The normalized spacial score (nSPS) is 9.22. The van der Waals surface area contributed by atoms with Crippen LogP contribution in [0.2, 0.25) is 0 Å². The molecule has 1 aromatic heterocycles. The van der Waals surface area contributed by atoms with Crippen molar-refractivity contribution in [3.63, 3.8) is 0 Å². The Morgan fingerprint density at radius 1 is 1.17 bits per heavy atom. The van der Waals surface area contributed by atoms with Crippen molar-refractivity contribution in [3.8, 4) is 16.9 Å². The third-order valence-corrected chi connectivity index (χ3v) is 2.18. The SMILES string of the molecule is CN.O=C(O)c1ncc(-c2ccccc2)cc1O. The number of carboxylic acids is 1. The Morgan fingerprint density at radius 3 is 2.28 bits per heavy atom. The Hall–Kier alpha value is -2.40. The fourth-order valence-electron chi connectivity index (χ4n) is 1.41. The molecule has 5 nitrogen and oxygen atoms in total. The minimum Gasteiger partial charge on any atom is -0.505 e. The van der Waals surface area contributed by atoms with Gasteiger partial charge in [-0.15, -0.1) is 0 Å². The molecule has 5 heteroatoms. The van der Waals surface area contributed by atoms with Gasteiger partial charge in [0.2, 0.25) is 0 Å². The van der Waals surface area contributed by atoms with Crippen molar-refractivity contribution in [2.75, 3.05) is 7.05 Å². The molecule has 0 fully saturated rings. The Morgan fingerprint density at radius 2 is 1.78 bits per heavy atom. The van der Waals surface area contributed by atoms with Gasteiger partial charge in [0, 0.05) is 11.8 Å². The van der Waals surface area contributed by atoms with E-state index in [0.717, 1.165) is 5.56 Å². The van der Waals surface area contributed by atoms with Crippen LogP contribution >= 0.6 is 0 Å². The van der Waals surface area contributed by atoms with Crippen LogP contribution in [0.1, 0.15) is 10.5 Å². The first-order chi connectivity index (χ1) is 8.68. The van der Waals surface area contributed by atoms with E-state index in [1.807, 2.05) is 30.3 Å². The second-order valence-corrected chi connectivity index (χ2v) is 3.26. The molecule has 0 aliphatic carbocycles. The Labute approximate surface area is 105 Å². The molecule has 0 spiro atoms. The lowest BCUT2D eigenvalue weighted by atomic mass is 10.1. The van der Waals surface area contributed by atoms with Crippen molar-refractivity contribution in [3.05, 3.63) is 48.3 Å². The quantitative estimate of drug-likeness (QED) is 0.749. The molecular formula is C13H14N2O3. The van der Waals surface area contributed by atoms with E-state index in [-0.39, 0.29) is 11.4 Å². The predicted octanol–water partition coefficient (Wildman–Crippen LogP) is 1.73. The lowest BCUT2D eigenvalue weighted by Crippen LogP contribution is -2.00. The predicted molar refractivity (Wildman–Crippen MR) is 68.4 cm³/mol. The average Bonchev–Trinajstić information content (AvgIpc) is 2.41. The van der Waals surface area contributed by atoms with Crippen LogP contribution in [-0.2, 0) is 0 Å². The van der Waals surface area contributed by atoms with Crippen molar-refractivity contribution >= 4 is 5.97 Å². The number of aromatic hydroxyl groups is 1. The van der Waals surface area contributed by atoms with E-state index in [0.29, 0.717) is 5.56 Å². The molecule has 2 aromatic rings. The number of hydrogen-bond donors (Lipinski definition) is 3. The van der Waals surface area contributed by atoms with Gasteiger partial charge in [-0.3, -0.25) is 0 Å².